The first-order valence-corrected chi connectivity index (χ1v) is 8.42. The van der Waals surface area contributed by atoms with Crippen LogP contribution >= 0.6 is 35.4 Å². The molecular weight excluding hydrogens is 381 g/mol. The average Bonchev–Trinajstić information content (AvgIpc) is 2.56. The molecule has 0 aliphatic heterocycles. The standard InChI is InChI=1S/C17H15Cl2N3O2S/c1-20-15(23)8-10-2-5-12(6-3-10)21-17(25)22-16(24)13-7-4-11(18)9-14(13)19/h2-7,9H,8H2,1H3,(H,20,23)(H2,21,22,24,25). The number of carbonyl (C=O) groups excluding carboxylic acids is 2. The van der Waals surface area contributed by atoms with Gasteiger partial charge in [0.15, 0.2) is 5.11 Å². The smallest absolute Gasteiger partial charge is 0.258 e. The molecule has 0 aliphatic rings. The first-order chi connectivity index (χ1) is 11.9. The predicted octanol–water partition coefficient (Wildman–Crippen LogP) is 3.41. The number of anilines is 1. The van der Waals surface area contributed by atoms with Gasteiger partial charge in [-0.1, -0.05) is 35.3 Å². The Balaban J connectivity index is 1.95. The fourth-order valence-electron chi connectivity index (χ4n) is 1.99. The number of halogens is 2. The second kappa shape index (κ2) is 8.80. The summed E-state index contributed by atoms with van der Waals surface area (Å²) in [6, 6.07) is 11.7. The molecule has 5 nitrogen and oxygen atoms in total. The second-order valence-electron chi connectivity index (χ2n) is 5.08. The molecule has 0 radical (unpaired) electrons. The van der Waals surface area contributed by atoms with Crippen molar-refractivity contribution in [2.45, 2.75) is 6.42 Å². The predicted molar refractivity (Wildman–Crippen MR) is 104 cm³/mol. The van der Waals surface area contributed by atoms with Crippen LogP contribution in [-0.2, 0) is 11.2 Å². The van der Waals surface area contributed by atoms with Gasteiger partial charge in [0.2, 0.25) is 5.91 Å². The van der Waals surface area contributed by atoms with E-state index in [1.165, 1.54) is 12.1 Å². The number of rotatable bonds is 4. The highest BCUT2D eigenvalue weighted by Crippen LogP contribution is 2.20. The molecule has 2 amide bonds. The zero-order valence-electron chi connectivity index (χ0n) is 13.2. The molecule has 0 bridgehead atoms. The van der Waals surface area contributed by atoms with Crippen molar-refractivity contribution in [3.05, 3.63) is 63.6 Å². The molecule has 0 aromatic heterocycles. The lowest BCUT2D eigenvalue weighted by molar-refractivity contribution is -0.119. The molecule has 0 spiro atoms. The normalized spacial score (nSPS) is 10.0. The van der Waals surface area contributed by atoms with Crippen LogP contribution in [0.1, 0.15) is 15.9 Å². The van der Waals surface area contributed by atoms with E-state index in [9.17, 15) is 9.59 Å². The fourth-order valence-corrected chi connectivity index (χ4v) is 2.69. The van der Waals surface area contributed by atoms with Gasteiger partial charge in [0.25, 0.3) is 5.91 Å². The Kier molecular flexibility index (Phi) is 6.75. The van der Waals surface area contributed by atoms with Gasteiger partial charge in [0.05, 0.1) is 17.0 Å². The molecule has 130 valence electrons. The summed E-state index contributed by atoms with van der Waals surface area (Å²) in [5, 5.41) is 8.83. The highest BCUT2D eigenvalue weighted by molar-refractivity contribution is 7.80. The van der Waals surface area contributed by atoms with Crippen molar-refractivity contribution in [2.24, 2.45) is 0 Å². The molecule has 8 heteroatoms. The largest absolute Gasteiger partial charge is 0.359 e. The summed E-state index contributed by atoms with van der Waals surface area (Å²) in [7, 11) is 1.59. The van der Waals surface area contributed by atoms with Gasteiger partial charge in [-0.05, 0) is 48.1 Å². The van der Waals surface area contributed by atoms with Crippen molar-refractivity contribution in [1.29, 1.82) is 0 Å². The summed E-state index contributed by atoms with van der Waals surface area (Å²) in [5.74, 6) is -0.501. The maximum absolute atomic E-state index is 12.2. The number of carbonyl (C=O) groups is 2. The van der Waals surface area contributed by atoms with Gasteiger partial charge in [0.1, 0.15) is 0 Å². The third kappa shape index (κ3) is 5.70. The van der Waals surface area contributed by atoms with E-state index in [0.29, 0.717) is 17.1 Å². The Morgan fingerprint density at radius 2 is 1.76 bits per heavy atom. The molecule has 2 rings (SSSR count). The van der Waals surface area contributed by atoms with E-state index in [4.69, 9.17) is 35.4 Å². The second-order valence-corrected chi connectivity index (χ2v) is 6.33. The van der Waals surface area contributed by atoms with Crippen LogP contribution in [0.2, 0.25) is 10.0 Å². The van der Waals surface area contributed by atoms with E-state index in [2.05, 4.69) is 16.0 Å². The van der Waals surface area contributed by atoms with Crippen molar-refractivity contribution in [2.75, 3.05) is 12.4 Å². The SMILES string of the molecule is CNC(=O)Cc1ccc(NC(=S)NC(=O)c2ccc(Cl)cc2Cl)cc1. The van der Waals surface area contributed by atoms with Crippen LogP contribution in [-0.4, -0.2) is 24.0 Å². The molecular formula is C17H15Cl2N3O2S. The number of amides is 2. The minimum Gasteiger partial charge on any atom is -0.359 e. The summed E-state index contributed by atoms with van der Waals surface area (Å²) < 4.78 is 0. The maximum atomic E-state index is 12.2. The lowest BCUT2D eigenvalue weighted by atomic mass is 10.1. The fraction of sp³-hybridized carbons (Fsp3) is 0.118. The van der Waals surface area contributed by atoms with E-state index < -0.39 is 5.91 Å². The molecule has 3 N–H and O–H groups in total. The third-order valence-electron chi connectivity index (χ3n) is 3.26. The minimum atomic E-state index is -0.435. The van der Waals surface area contributed by atoms with Crippen LogP contribution < -0.4 is 16.0 Å². The average molecular weight is 396 g/mol. The number of thiocarbonyl (C=S) groups is 1. The van der Waals surface area contributed by atoms with Crippen LogP contribution in [0.25, 0.3) is 0 Å². The number of hydrogen-bond donors (Lipinski definition) is 3. The van der Waals surface area contributed by atoms with Gasteiger partial charge in [-0.2, -0.15) is 0 Å². The van der Waals surface area contributed by atoms with Gasteiger partial charge in [-0.25, -0.2) is 0 Å². The van der Waals surface area contributed by atoms with Crippen LogP contribution in [0.3, 0.4) is 0 Å². The summed E-state index contributed by atoms with van der Waals surface area (Å²) in [4.78, 5) is 23.5. The first-order valence-electron chi connectivity index (χ1n) is 7.26. The van der Waals surface area contributed by atoms with Crippen molar-refractivity contribution in [3.8, 4) is 0 Å². The molecule has 25 heavy (non-hydrogen) atoms. The summed E-state index contributed by atoms with van der Waals surface area (Å²) in [6.07, 6.45) is 0.299. The summed E-state index contributed by atoms with van der Waals surface area (Å²) >= 11 is 16.9. The van der Waals surface area contributed by atoms with Crippen LogP contribution in [0.15, 0.2) is 42.5 Å². The molecule has 2 aromatic rings. The molecule has 0 unspecified atom stereocenters. The zero-order valence-corrected chi connectivity index (χ0v) is 15.6. The topological polar surface area (TPSA) is 70.2 Å². The van der Waals surface area contributed by atoms with E-state index >= 15 is 0 Å². The van der Waals surface area contributed by atoms with Crippen molar-refractivity contribution in [1.82, 2.24) is 10.6 Å². The van der Waals surface area contributed by atoms with Gasteiger partial charge in [-0.15, -0.1) is 0 Å². The Morgan fingerprint density at radius 1 is 1.08 bits per heavy atom. The van der Waals surface area contributed by atoms with Crippen molar-refractivity contribution < 1.29 is 9.59 Å². The molecule has 0 saturated heterocycles. The molecule has 0 aliphatic carbocycles. The lowest BCUT2D eigenvalue weighted by Gasteiger charge is -2.11. The zero-order chi connectivity index (χ0) is 18.4. The Bertz CT molecular complexity index is 810. The van der Waals surface area contributed by atoms with Crippen LogP contribution in [0.4, 0.5) is 5.69 Å². The maximum Gasteiger partial charge on any atom is 0.258 e. The van der Waals surface area contributed by atoms with E-state index in [1.807, 2.05) is 0 Å². The Labute approximate surface area is 160 Å². The first kappa shape index (κ1) is 19.2. The minimum absolute atomic E-state index is 0.0664. The lowest BCUT2D eigenvalue weighted by Crippen LogP contribution is -2.34. The van der Waals surface area contributed by atoms with Gasteiger partial charge in [0, 0.05) is 17.8 Å². The number of hydrogen-bond acceptors (Lipinski definition) is 3. The number of benzene rings is 2. The Morgan fingerprint density at radius 3 is 2.36 bits per heavy atom. The van der Waals surface area contributed by atoms with Crippen molar-refractivity contribution in [3.63, 3.8) is 0 Å². The molecule has 0 atom stereocenters. The third-order valence-corrected chi connectivity index (χ3v) is 4.01. The molecule has 0 heterocycles. The summed E-state index contributed by atoms with van der Waals surface area (Å²) in [5.41, 5.74) is 1.83. The van der Waals surface area contributed by atoms with Crippen LogP contribution in [0.5, 0.6) is 0 Å². The van der Waals surface area contributed by atoms with Crippen LogP contribution in [0, 0.1) is 0 Å². The molecule has 0 saturated carbocycles. The Hall–Kier alpha value is -2.15. The monoisotopic (exact) mass is 395 g/mol. The number of nitrogens with one attached hydrogen (secondary N) is 3. The van der Waals surface area contributed by atoms with Gasteiger partial charge >= 0.3 is 0 Å². The molecule has 2 aromatic carbocycles. The highest BCUT2D eigenvalue weighted by Gasteiger charge is 2.12. The van der Waals surface area contributed by atoms with Gasteiger partial charge in [-0.3, -0.25) is 14.9 Å². The van der Waals surface area contributed by atoms with Gasteiger partial charge < -0.3 is 10.6 Å². The van der Waals surface area contributed by atoms with Crippen molar-refractivity contribution >= 4 is 58.0 Å². The number of likely N-dealkylation sites (N-methyl/N-ethyl adjacent to an activating group) is 1. The van der Waals surface area contributed by atoms with E-state index in [-0.39, 0.29) is 21.6 Å². The van der Waals surface area contributed by atoms with E-state index in [0.717, 1.165) is 5.56 Å². The van der Waals surface area contributed by atoms with E-state index in [1.54, 1.807) is 37.4 Å². The summed E-state index contributed by atoms with van der Waals surface area (Å²) in [6.45, 7) is 0. The quantitative estimate of drug-likeness (QED) is 0.693. The molecule has 0 fully saturated rings. The highest BCUT2D eigenvalue weighted by atomic mass is 35.5.